The van der Waals surface area contributed by atoms with Crippen molar-refractivity contribution in [3.05, 3.63) is 99.1 Å². The quantitative estimate of drug-likeness (QED) is 0.191. The molecular formula is C23H17ClF6IN2+. The highest BCUT2D eigenvalue weighted by Gasteiger charge is 2.30. The van der Waals surface area contributed by atoms with E-state index in [-0.39, 0.29) is 12.4 Å². The number of rotatable bonds is 5. The van der Waals surface area contributed by atoms with Gasteiger partial charge >= 0.3 is 12.4 Å². The fraction of sp³-hybridized carbons (Fsp3) is 0.0870. The molecule has 0 aliphatic carbocycles. The van der Waals surface area contributed by atoms with Crippen molar-refractivity contribution >= 4 is 58.3 Å². The predicted molar refractivity (Wildman–Crippen MR) is 128 cm³/mol. The van der Waals surface area contributed by atoms with E-state index >= 15 is 0 Å². The average Bonchev–Trinajstić information content (AvgIpc) is 2.73. The van der Waals surface area contributed by atoms with E-state index in [2.05, 4.69) is 32.9 Å². The first kappa shape index (κ1) is 26.7. The van der Waals surface area contributed by atoms with Gasteiger partial charge in [0.2, 0.25) is 5.69 Å². The molecule has 0 fully saturated rings. The molecule has 0 aliphatic heterocycles. The summed E-state index contributed by atoms with van der Waals surface area (Å²) >= 11 is 2.15. The molecule has 0 aromatic heterocycles. The summed E-state index contributed by atoms with van der Waals surface area (Å²) in [4.78, 5) is 2.89. The smallest absolute Gasteiger partial charge is 0.355 e. The first-order chi connectivity index (χ1) is 15.0. The van der Waals surface area contributed by atoms with Crippen LogP contribution in [0.15, 0.2) is 78.9 Å². The number of nitrogens with one attached hydrogen (secondary N) is 2. The number of allylic oxidation sites excluding steroid dienone is 1. The molecule has 2 N–H and O–H groups in total. The fourth-order valence-corrected chi connectivity index (χ4v) is 3.07. The van der Waals surface area contributed by atoms with Crippen molar-refractivity contribution in [2.24, 2.45) is 0 Å². The molecule has 174 valence electrons. The second kappa shape index (κ2) is 11.1. The summed E-state index contributed by atoms with van der Waals surface area (Å²) in [5.74, 6) is 0. The maximum Gasteiger partial charge on any atom is 0.416 e. The van der Waals surface area contributed by atoms with Gasteiger partial charge in [0.05, 0.1) is 16.8 Å². The van der Waals surface area contributed by atoms with E-state index in [0.717, 1.165) is 33.4 Å². The highest BCUT2D eigenvalue weighted by Crippen LogP contribution is 2.31. The van der Waals surface area contributed by atoms with Crippen LogP contribution in [-0.2, 0) is 12.4 Å². The van der Waals surface area contributed by atoms with Gasteiger partial charge in [-0.3, -0.25) is 0 Å². The molecule has 0 amide bonds. The Morgan fingerprint density at radius 3 is 1.70 bits per heavy atom. The Kier molecular flexibility index (Phi) is 8.96. The van der Waals surface area contributed by atoms with Gasteiger partial charge < -0.3 is 5.32 Å². The van der Waals surface area contributed by atoms with Crippen molar-refractivity contribution in [3.8, 4) is 0 Å². The maximum absolute atomic E-state index is 12.8. The molecule has 0 saturated carbocycles. The Morgan fingerprint density at radius 2 is 1.21 bits per heavy atom. The first-order valence-electron chi connectivity index (χ1n) is 9.20. The Morgan fingerprint density at radius 1 is 0.727 bits per heavy atom. The monoisotopic (exact) mass is 597 g/mol. The third-order valence-electron chi connectivity index (χ3n) is 4.36. The summed E-state index contributed by atoms with van der Waals surface area (Å²) < 4.78 is 77.4. The maximum atomic E-state index is 12.8. The molecule has 0 aliphatic rings. The second-order valence-electron chi connectivity index (χ2n) is 6.67. The minimum Gasteiger partial charge on any atom is -0.355 e. The normalized spacial score (nSPS) is 12.5. The Labute approximate surface area is 206 Å². The van der Waals surface area contributed by atoms with Gasteiger partial charge in [-0.2, -0.15) is 26.3 Å². The molecule has 0 unspecified atom stereocenters. The summed E-state index contributed by atoms with van der Waals surface area (Å²) in [6.07, 6.45) is -5.65. The molecule has 33 heavy (non-hydrogen) atoms. The van der Waals surface area contributed by atoms with Crippen molar-refractivity contribution in [2.45, 2.75) is 12.4 Å². The molecule has 2 nitrogen and oxygen atoms in total. The van der Waals surface area contributed by atoms with Crippen LogP contribution in [0.4, 0.5) is 37.7 Å². The minimum atomic E-state index is -4.42. The summed E-state index contributed by atoms with van der Waals surface area (Å²) in [7, 11) is 0. The number of halogens is 8. The topological polar surface area (TPSA) is 26.0 Å². The van der Waals surface area contributed by atoms with Crippen molar-refractivity contribution in [2.75, 3.05) is 5.32 Å². The molecule has 0 radical (unpaired) electrons. The summed E-state index contributed by atoms with van der Waals surface area (Å²) in [6.45, 7) is 0. The molecule has 10 heteroatoms. The Balaban J connectivity index is 0.00000385. The Bertz CT molecular complexity index is 1100. The highest BCUT2D eigenvalue weighted by molar-refractivity contribution is 14.1. The van der Waals surface area contributed by atoms with E-state index < -0.39 is 23.5 Å². The van der Waals surface area contributed by atoms with Crippen LogP contribution in [0.3, 0.4) is 0 Å². The summed E-state index contributed by atoms with van der Waals surface area (Å²) in [6, 6.07) is 16.6. The zero-order chi connectivity index (χ0) is 23.4. The number of hydrogen-bond donors (Lipinski definition) is 2. The van der Waals surface area contributed by atoms with Gasteiger partial charge in [-0.15, -0.1) is 12.4 Å². The molecule has 0 bridgehead atoms. The van der Waals surface area contributed by atoms with Crippen LogP contribution < -0.4 is 10.3 Å². The number of alkyl halides is 6. The number of anilines is 1. The molecule has 0 saturated heterocycles. The van der Waals surface area contributed by atoms with Crippen LogP contribution in [0.25, 0.3) is 5.70 Å². The van der Waals surface area contributed by atoms with Gasteiger partial charge in [-0.1, -0.05) is 12.1 Å². The van der Waals surface area contributed by atoms with Gasteiger partial charge in [0.25, 0.3) is 0 Å². The molecule has 3 rings (SSSR count). The first-order valence-corrected chi connectivity index (χ1v) is 10.3. The predicted octanol–water partition coefficient (Wildman–Crippen LogP) is 6.69. The van der Waals surface area contributed by atoms with Gasteiger partial charge in [0.1, 0.15) is 0 Å². The molecular weight excluding hydrogens is 581 g/mol. The second-order valence-corrected chi connectivity index (χ2v) is 7.92. The van der Waals surface area contributed by atoms with Crippen LogP contribution in [0.2, 0.25) is 0 Å². The lowest BCUT2D eigenvalue weighted by Crippen LogP contribution is -2.61. The SMILES string of the molecule is Cl.FC(F)(F)c1ccc(N/C(=C/C=[NH+]c2ccc(C(F)(F)F)cc2)c2ccc(I)cc2)cc1. The van der Waals surface area contributed by atoms with Gasteiger partial charge in [0, 0.05) is 27.5 Å². The van der Waals surface area contributed by atoms with Crippen molar-refractivity contribution in [1.82, 2.24) is 0 Å². The molecule has 0 heterocycles. The Hall–Kier alpha value is -2.53. The lowest BCUT2D eigenvalue weighted by atomic mass is 10.1. The summed E-state index contributed by atoms with van der Waals surface area (Å²) in [5.41, 5.74) is 0.758. The van der Waals surface area contributed by atoms with E-state index in [1.165, 1.54) is 30.5 Å². The largest absolute Gasteiger partial charge is 0.416 e. The van der Waals surface area contributed by atoms with Crippen LogP contribution in [0.5, 0.6) is 0 Å². The summed E-state index contributed by atoms with van der Waals surface area (Å²) in [5, 5.41) is 3.08. The number of hydrogen-bond acceptors (Lipinski definition) is 1. The van der Waals surface area contributed by atoms with Crippen molar-refractivity contribution in [3.63, 3.8) is 0 Å². The molecule has 3 aromatic rings. The lowest BCUT2D eigenvalue weighted by molar-refractivity contribution is -0.346. The fourth-order valence-electron chi connectivity index (χ4n) is 2.71. The van der Waals surface area contributed by atoms with Crippen molar-refractivity contribution in [1.29, 1.82) is 0 Å². The van der Waals surface area contributed by atoms with E-state index in [0.29, 0.717) is 17.1 Å². The van der Waals surface area contributed by atoms with Crippen LogP contribution in [0, 0.1) is 3.57 Å². The van der Waals surface area contributed by atoms with Gasteiger partial charge in [-0.05, 0) is 76.7 Å². The molecule has 0 spiro atoms. The zero-order valence-corrected chi connectivity index (χ0v) is 19.6. The third-order valence-corrected chi connectivity index (χ3v) is 5.08. The van der Waals surface area contributed by atoms with Crippen LogP contribution >= 0.6 is 35.0 Å². The van der Waals surface area contributed by atoms with E-state index in [4.69, 9.17) is 0 Å². The third kappa shape index (κ3) is 7.78. The van der Waals surface area contributed by atoms with Crippen LogP contribution in [-0.4, -0.2) is 6.21 Å². The van der Waals surface area contributed by atoms with E-state index in [9.17, 15) is 26.3 Å². The molecule has 0 atom stereocenters. The minimum absolute atomic E-state index is 0. The average molecular weight is 598 g/mol. The van der Waals surface area contributed by atoms with Gasteiger partial charge in [0.15, 0.2) is 6.21 Å². The highest BCUT2D eigenvalue weighted by atomic mass is 127. The van der Waals surface area contributed by atoms with E-state index in [1.807, 2.05) is 24.3 Å². The lowest BCUT2D eigenvalue weighted by Gasteiger charge is -2.12. The van der Waals surface area contributed by atoms with Gasteiger partial charge in [-0.25, -0.2) is 4.99 Å². The zero-order valence-electron chi connectivity index (χ0n) is 16.6. The standard InChI is InChI=1S/C23H15F6IN2.ClH/c24-22(25,26)16-3-9-19(10-4-16)31-14-13-21(15-1-7-18(30)8-2-15)32-20-11-5-17(6-12-20)23(27,28)29;/h1-14,32H;1H/p+1/b21-13+,31-14?;. The van der Waals surface area contributed by atoms with Crippen LogP contribution in [0.1, 0.15) is 16.7 Å². The van der Waals surface area contributed by atoms with E-state index in [1.54, 1.807) is 6.08 Å². The number of benzene rings is 3. The molecule has 3 aromatic carbocycles. The van der Waals surface area contributed by atoms with Crippen molar-refractivity contribution < 1.29 is 31.3 Å².